The molecule has 1 aliphatic carbocycles. The van der Waals surface area contributed by atoms with E-state index < -0.39 is 0 Å². The lowest BCUT2D eigenvalue weighted by Crippen LogP contribution is -1.76. The van der Waals surface area contributed by atoms with Gasteiger partial charge in [-0.05, 0) is 31.8 Å². The lowest BCUT2D eigenvalue weighted by atomic mass is 10.1. The van der Waals surface area contributed by atoms with Crippen LogP contribution >= 0.6 is 0 Å². The van der Waals surface area contributed by atoms with E-state index in [2.05, 4.69) is 30.4 Å². The highest BCUT2D eigenvalue weighted by molar-refractivity contribution is 5.12. The van der Waals surface area contributed by atoms with E-state index in [1.165, 1.54) is 38.5 Å². The highest BCUT2D eigenvalue weighted by Crippen LogP contribution is 2.06. The van der Waals surface area contributed by atoms with Crippen LogP contribution in [-0.2, 0) is 0 Å². The van der Waals surface area contributed by atoms with Gasteiger partial charge in [-0.2, -0.15) is 0 Å². The Morgan fingerprint density at radius 1 is 0.714 bits per heavy atom. The van der Waals surface area contributed by atoms with Gasteiger partial charge in [0.05, 0.1) is 0 Å². The van der Waals surface area contributed by atoms with Gasteiger partial charge in [0.15, 0.2) is 0 Å². The van der Waals surface area contributed by atoms with Crippen LogP contribution < -0.4 is 0 Å². The minimum Gasteiger partial charge on any atom is -0.0845 e. The molecule has 0 saturated heterocycles. The molecular weight excluding hydrogens is 168 g/mol. The smallest absolute Gasteiger partial charge is 0.0187 e. The van der Waals surface area contributed by atoms with E-state index in [4.69, 9.17) is 0 Å². The molecule has 75 valence electrons. The van der Waals surface area contributed by atoms with Gasteiger partial charge in [0.1, 0.15) is 0 Å². The average Bonchev–Trinajstić information content (AvgIpc) is 2.22. The molecular formula is C14H19. The Hall–Kier alpha value is -1.04. The van der Waals surface area contributed by atoms with Crippen LogP contribution in [0.15, 0.2) is 42.5 Å². The zero-order valence-corrected chi connectivity index (χ0v) is 8.78. The van der Waals surface area contributed by atoms with E-state index in [9.17, 15) is 0 Å². The Kier molecular flexibility index (Phi) is 6.74. The van der Waals surface area contributed by atoms with Gasteiger partial charge in [0.25, 0.3) is 0 Å². The first-order valence-electron chi connectivity index (χ1n) is 5.56. The number of rotatable bonds is 0. The molecule has 0 fully saturated rings. The molecule has 0 aromatic rings. The fourth-order valence-electron chi connectivity index (χ4n) is 1.43. The quantitative estimate of drug-likeness (QED) is 0.528. The maximum absolute atomic E-state index is 3.11. The van der Waals surface area contributed by atoms with Crippen molar-refractivity contribution < 1.29 is 0 Å². The molecule has 14 heavy (non-hydrogen) atoms. The maximum atomic E-state index is 3.11. The van der Waals surface area contributed by atoms with Crippen molar-refractivity contribution in [3.8, 4) is 0 Å². The van der Waals surface area contributed by atoms with Crippen molar-refractivity contribution in [1.29, 1.82) is 0 Å². The predicted octanol–water partition coefficient (Wildman–Crippen LogP) is 4.37. The van der Waals surface area contributed by atoms with Crippen LogP contribution in [0.3, 0.4) is 0 Å². The summed E-state index contributed by atoms with van der Waals surface area (Å²) in [6.45, 7) is 0. The number of allylic oxidation sites excluding steroid dienone is 8. The summed E-state index contributed by atoms with van der Waals surface area (Å²) in [5.41, 5.74) is 0. The molecule has 0 aliphatic heterocycles. The van der Waals surface area contributed by atoms with Crippen LogP contribution in [0.4, 0.5) is 0 Å². The summed E-state index contributed by atoms with van der Waals surface area (Å²) in [5.74, 6) is 0. The van der Waals surface area contributed by atoms with Crippen LogP contribution in [0.25, 0.3) is 0 Å². The van der Waals surface area contributed by atoms with Crippen LogP contribution in [0, 0.1) is 6.08 Å². The Bertz CT molecular complexity index is 202. The lowest BCUT2D eigenvalue weighted by molar-refractivity contribution is 0.652. The SMILES string of the molecule is [C]1=C/C=C\C=C\CCCCCC/C=C/1. The van der Waals surface area contributed by atoms with Crippen molar-refractivity contribution in [2.75, 3.05) is 0 Å². The molecule has 0 amide bonds. The topological polar surface area (TPSA) is 0 Å². The van der Waals surface area contributed by atoms with Crippen LogP contribution in [0.1, 0.15) is 38.5 Å². The number of hydrogen-bond acceptors (Lipinski definition) is 0. The van der Waals surface area contributed by atoms with Crippen LogP contribution in [0.2, 0.25) is 0 Å². The standard InChI is InChI=1S/C14H19/c1-2-4-6-8-10-12-14-13-11-9-7-5-3-1/h1-5,9,11H,6,8,10,12-14H2/b3-1-,4-2+,7-5?,11-9+. The zero-order chi connectivity index (χ0) is 9.90. The van der Waals surface area contributed by atoms with Crippen molar-refractivity contribution in [1.82, 2.24) is 0 Å². The van der Waals surface area contributed by atoms with Crippen LogP contribution in [0.5, 0.6) is 0 Å². The minimum absolute atomic E-state index is 1.19. The van der Waals surface area contributed by atoms with Crippen molar-refractivity contribution in [2.24, 2.45) is 0 Å². The Labute approximate surface area is 87.7 Å². The second-order valence-electron chi connectivity index (χ2n) is 3.54. The molecule has 0 unspecified atom stereocenters. The third-order valence-corrected chi connectivity index (χ3v) is 2.26. The molecule has 0 bridgehead atoms. The molecule has 1 aliphatic rings. The molecule has 0 aromatic heterocycles. The second kappa shape index (κ2) is 8.55. The largest absolute Gasteiger partial charge is 0.0845 e. The van der Waals surface area contributed by atoms with E-state index >= 15 is 0 Å². The van der Waals surface area contributed by atoms with E-state index in [1.807, 2.05) is 18.2 Å². The average molecular weight is 187 g/mol. The van der Waals surface area contributed by atoms with Gasteiger partial charge in [-0.25, -0.2) is 0 Å². The maximum Gasteiger partial charge on any atom is -0.0187 e. The molecule has 0 atom stereocenters. The third kappa shape index (κ3) is 6.47. The summed E-state index contributed by atoms with van der Waals surface area (Å²) in [6.07, 6.45) is 25.5. The zero-order valence-electron chi connectivity index (χ0n) is 8.78. The molecule has 0 aromatic carbocycles. The highest BCUT2D eigenvalue weighted by Gasteiger charge is 1.87. The van der Waals surface area contributed by atoms with Gasteiger partial charge in [-0.1, -0.05) is 55.4 Å². The summed E-state index contributed by atoms with van der Waals surface area (Å²) < 4.78 is 0. The lowest BCUT2D eigenvalue weighted by Gasteiger charge is -1.96. The fourth-order valence-corrected chi connectivity index (χ4v) is 1.43. The van der Waals surface area contributed by atoms with Gasteiger partial charge in [-0.15, -0.1) is 0 Å². The van der Waals surface area contributed by atoms with Crippen molar-refractivity contribution in [3.63, 3.8) is 0 Å². The summed E-state index contributed by atoms with van der Waals surface area (Å²) in [5, 5.41) is 0. The Morgan fingerprint density at radius 3 is 2.36 bits per heavy atom. The predicted molar refractivity (Wildman–Crippen MR) is 62.9 cm³/mol. The molecule has 0 heteroatoms. The molecule has 0 saturated carbocycles. The van der Waals surface area contributed by atoms with E-state index in [0.717, 1.165) is 0 Å². The van der Waals surface area contributed by atoms with Gasteiger partial charge in [0.2, 0.25) is 0 Å². The van der Waals surface area contributed by atoms with Gasteiger partial charge < -0.3 is 0 Å². The molecule has 0 nitrogen and oxygen atoms in total. The van der Waals surface area contributed by atoms with E-state index in [1.54, 1.807) is 0 Å². The molecule has 1 radical (unpaired) electrons. The van der Waals surface area contributed by atoms with E-state index in [-0.39, 0.29) is 0 Å². The Morgan fingerprint density at radius 2 is 1.50 bits per heavy atom. The fraction of sp³-hybridized carbons (Fsp3) is 0.429. The first kappa shape index (κ1) is 11.0. The van der Waals surface area contributed by atoms with Crippen molar-refractivity contribution >= 4 is 0 Å². The molecule has 1 rings (SSSR count). The summed E-state index contributed by atoms with van der Waals surface area (Å²) >= 11 is 0. The second-order valence-corrected chi connectivity index (χ2v) is 3.54. The van der Waals surface area contributed by atoms with Crippen molar-refractivity contribution in [2.45, 2.75) is 38.5 Å². The molecule has 0 spiro atoms. The molecule has 0 heterocycles. The molecule has 0 N–H and O–H groups in total. The number of hydrogen-bond donors (Lipinski definition) is 0. The first-order valence-corrected chi connectivity index (χ1v) is 5.56. The van der Waals surface area contributed by atoms with Crippen molar-refractivity contribution in [3.05, 3.63) is 48.6 Å². The van der Waals surface area contributed by atoms with E-state index in [0.29, 0.717) is 0 Å². The van der Waals surface area contributed by atoms with Gasteiger partial charge in [-0.3, -0.25) is 0 Å². The monoisotopic (exact) mass is 187 g/mol. The van der Waals surface area contributed by atoms with Gasteiger partial charge in [0, 0.05) is 0 Å². The summed E-state index contributed by atoms with van der Waals surface area (Å²) in [6, 6.07) is 0. The third-order valence-electron chi connectivity index (χ3n) is 2.26. The first-order chi connectivity index (χ1) is 7.00. The summed E-state index contributed by atoms with van der Waals surface area (Å²) in [7, 11) is 0. The van der Waals surface area contributed by atoms with Gasteiger partial charge >= 0.3 is 0 Å². The van der Waals surface area contributed by atoms with Crippen LogP contribution in [-0.4, -0.2) is 0 Å². The minimum atomic E-state index is 1.19. The normalized spacial score (nSPS) is 28.6. The Balaban J connectivity index is 2.36. The highest BCUT2D eigenvalue weighted by atomic mass is 13.9. The summed E-state index contributed by atoms with van der Waals surface area (Å²) in [4.78, 5) is 0.